The fourth-order valence-electron chi connectivity index (χ4n) is 5.18. The van der Waals surface area contributed by atoms with Crippen LogP contribution < -0.4 is 5.32 Å². The van der Waals surface area contributed by atoms with E-state index in [2.05, 4.69) is 19.2 Å². The van der Waals surface area contributed by atoms with Gasteiger partial charge in [0.25, 0.3) is 0 Å². The smallest absolute Gasteiger partial charge is 0.326 e. The van der Waals surface area contributed by atoms with Gasteiger partial charge < -0.3 is 20.6 Å². The van der Waals surface area contributed by atoms with Gasteiger partial charge in [-0.05, 0) is 30.7 Å². The summed E-state index contributed by atoms with van der Waals surface area (Å²) < 4.78 is 0. The number of nitrogens with one attached hydrogen (secondary N) is 1. The number of hydrogen-bond donors (Lipinski definition) is 4. The predicted octanol–water partition coefficient (Wildman–Crippen LogP) is 4.02. The van der Waals surface area contributed by atoms with E-state index >= 15 is 0 Å². The van der Waals surface area contributed by atoms with Crippen molar-refractivity contribution in [1.82, 2.24) is 5.32 Å². The lowest BCUT2D eigenvalue weighted by molar-refractivity contribution is -0.141. The molecule has 1 aliphatic rings. The Hall–Kier alpha value is -2.84. The first kappa shape index (κ1) is 32.4. The monoisotopic (exact) mass is 543 g/mol. The van der Waals surface area contributed by atoms with Crippen LogP contribution in [-0.2, 0) is 25.6 Å². The van der Waals surface area contributed by atoms with Crippen molar-refractivity contribution in [2.45, 2.75) is 103 Å². The van der Waals surface area contributed by atoms with E-state index in [0.717, 1.165) is 24.8 Å². The lowest BCUT2D eigenvalue weighted by Gasteiger charge is -2.18. The predicted molar refractivity (Wildman–Crippen MR) is 149 cm³/mol. The highest BCUT2D eigenvalue weighted by Gasteiger charge is 2.40. The fourth-order valence-corrected chi connectivity index (χ4v) is 5.18. The summed E-state index contributed by atoms with van der Waals surface area (Å²) in [6, 6.07) is 8.04. The van der Waals surface area contributed by atoms with E-state index in [4.69, 9.17) is 0 Å². The SMILES string of the molecule is CCCC[C@H](C)CC(O)/C=C/[C@H]1[C@H](O)CC(=O)[C@@H]1CC(=O)CCCCC(=O)N[C@@H](Cc1ccccc1)C(=O)O. The third-order valence-corrected chi connectivity index (χ3v) is 7.46. The second-order valence-electron chi connectivity index (χ2n) is 11.0. The van der Waals surface area contributed by atoms with E-state index in [1.165, 1.54) is 0 Å². The number of aliphatic hydroxyl groups excluding tert-OH is 2. The van der Waals surface area contributed by atoms with E-state index < -0.39 is 36.1 Å². The van der Waals surface area contributed by atoms with Crippen LogP contribution in [0.5, 0.6) is 0 Å². The van der Waals surface area contributed by atoms with Crippen LogP contribution in [0.2, 0.25) is 0 Å². The number of unbranched alkanes of at least 4 members (excludes halogenated alkanes) is 2. The Morgan fingerprint density at radius 2 is 1.79 bits per heavy atom. The van der Waals surface area contributed by atoms with Crippen molar-refractivity contribution in [2.24, 2.45) is 17.8 Å². The van der Waals surface area contributed by atoms with Crippen molar-refractivity contribution in [3.05, 3.63) is 48.0 Å². The van der Waals surface area contributed by atoms with Crippen LogP contribution in [0.4, 0.5) is 0 Å². The number of carboxylic acids is 1. The van der Waals surface area contributed by atoms with Crippen LogP contribution in [0.3, 0.4) is 0 Å². The molecular weight excluding hydrogens is 498 g/mol. The normalized spacial score (nSPS) is 21.5. The van der Waals surface area contributed by atoms with E-state index in [9.17, 15) is 34.5 Å². The molecule has 1 aliphatic carbocycles. The maximum absolute atomic E-state index is 12.6. The Labute approximate surface area is 231 Å². The molecule has 0 aliphatic heterocycles. The van der Waals surface area contributed by atoms with Crippen molar-refractivity contribution in [3.63, 3.8) is 0 Å². The molecule has 4 N–H and O–H groups in total. The standard InChI is InChI=1S/C31H45NO7/c1-3-4-10-21(2)17-24(34)15-16-25-26(29(36)20-28(25)35)19-23(33)13-8-9-14-30(37)32-27(31(38)39)18-22-11-6-5-7-12-22/h5-7,11-12,15-16,21,24-28,34-35H,3-4,8-10,13-14,17-20H2,1-2H3,(H,32,37)(H,38,39)/b16-15+/t21-,24?,25+,26+,27-,28+/m0/s1. The van der Waals surface area contributed by atoms with Crippen molar-refractivity contribution < 1.29 is 34.5 Å². The fraction of sp³-hybridized carbons (Fsp3) is 0.613. The number of amides is 1. The summed E-state index contributed by atoms with van der Waals surface area (Å²) in [5.74, 6) is -2.47. The van der Waals surface area contributed by atoms with E-state index in [0.29, 0.717) is 25.2 Å². The summed E-state index contributed by atoms with van der Waals surface area (Å²) in [6.45, 7) is 4.23. The van der Waals surface area contributed by atoms with E-state index in [1.807, 2.05) is 18.2 Å². The summed E-state index contributed by atoms with van der Waals surface area (Å²) in [6.07, 6.45) is 7.08. The number of hydrogen-bond acceptors (Lipinski definition) is 6. The maximum atomic E-state index is 12.6. The van der Waals surface area contributed by atoms with Gasteiger partial charge in [-0.2, -0.15) is 0 Å². The molecular formula is C31H45NO7. The van der Waals surface area contributed by atoms with Gasteiger partial charge in [0.1, 0.15) is 17.6 Å². The minimum Gasteiger partial charge on any atom is -0.480 e. The van der Waals surface area contributed by atoms with Crippen LogP contribution in [0.1, 0.15) is 83.6 Å². The Balaban J connectivity index is 1.76. The minimum atomic E-state index is -1.10. The molecule has 8 nitrogen and oxygen atoms in total. The molecule has 1 unspecified atom stereocenters. The van der Waals surface area contributed by atoms with E-state index in [1.54, 1.807) is 24.3 Å². The van der Waals surface area contributed by atoms with Crippen LogP contribution in [0, 0.1) is 17.8 Å². The van der Waals surface area contributed by atoms with Crippen LogP contribution in [0.25, 0.3) is 0 Å². The molecule has 1 aromatic rings. The van der Waals surface area contributed by atoms with Crippen molar-refractivity contribution in [2.75, 3.05) is 0 Å². The summed E-state index contributed by atoms with van der Waals surface area (Å²) >= 11 is 0. The molecule has 0 aromatic heterocycles. The Kier molecular flexibility index (Phi) is 14.1. The average molecular weight is 544 g/mol. The van der Waals surface area contributed by atoms with Gasteiger partial charge in [-0.3, -0.25) is 14.4 Å². The quantitative estimate of drug-likeness (QED) is 0.162. The Bertz CT molecular complexity index is 961. The van der Waals surface area contributed by atoms with Gasteiger partial charge in [-0.15, -0.1) is 0 Å². The zero-order valence-corrected chi connectivity index (χ0v) is 23.3. The van der Waals surface area contributed by atoms with Gasteiger partial charge in [-0.25, -0.2) is 4.79 Å². The molecule has 216 valence electrons. The van der Waals surface area contributed by atoms with Gasteiger partial charge in [0.2, 0.25) is 5.91 Å². The van der Waals surface area contributed by atoms with Gasteiger partial charge in [0.05, 0.1) is 12.2 Å². The highest BCUT2D eigenvalue weighted by atomic mass is 16.4. The Morgan fingerprint density at radius 1 is 1.10 bits per heavy atom. The topological polar surface area (TPSA) is 141 Å². The average Bonchev–Trinajstić information content (AvgIpc) is 3.15. The van der Waals surface area contributed by atoms with Crippen molar-refractivity contribution in [1.29, 1.82) is 0 Å². The Morgan fingerprint density at radius 3 is 2.46 bits per heavy atom. The largest absolute Gasteiger partial charge is 0.480 e. The highest BCUT2D eigenvalue weighted by molar-refractivity contribution is 5.90. The lowest BCUT2D eigenvalue weighted by atomic mass is 9.87. The number of aliphatic carboxylic acids is 1. The number of carbonyl (C=O) groups excluding carboxylic acids is 3. The number of Topliss-reactive ketones (excluding diaryl/α,β-unsaturated/α-hetero) is 2. The lowest BCUT2D eigenvalue weighted by Crippen LogP contribution is -2.42. The first-order chi connectivity index (χ1) is 18.6. The number of aliphatic hydroxyl groups is 2. The third kappa shape index (κ3) is 11.8. The molecule has 0 spiro atoms. The summed E-state index contributed by atoms with van der Waals surface area (Å²) in [5, 5.41) is 32.7. The molecule has 1 fully saturated rings. The zero-order valence-electron chi connectivity index (χ0n) is 23.3. The summed E-state index contributed by atoms with van der Waals surface area (Å²) in [7, 11) is 0. The molecule has 0 radical (unpaired) electrons. The zero-order chi connectivity index (χ0) is 28.8. The molecule has 8 heteroatoms. The number of carbonyl (C=O) groups is 4. The summed E-state index contributed by atoms with van der Waals surface area (Å²) in [5.41, 5.74) is 0.812. The number of benzene rings is 1. The molecule has 1 amide bonds. The molecule has 0 saturated heterocycles. The maximum Gasteiger partial charge on any atom is 0.326 e. The molecule has 1 saturated carbocycles. The highest BCUT2D eigenvalue weighted by Crippen LogP contribution is 2.34. The molecule has 6 atom stereocenters. The second-order valence-corrected chi connectivity index (χ2v) is 11.0. The van der Waals surface area contributed by atoms with Gasteiger partial charge >= 0.3 is 5.97 Å². The molecule has 0 heterocycles. The minimum absolute atomic E-state index is 0.00382. The second kappa shape index (κ2) is 17.0. The number of rotatable bonds is 18. The molecule has 2 rings (SSSR count). The van der Waals surface area contributed by atoms with Crippen molar-refractivity contribution in [3.8, 4) is 0 Å². The first-order valence-electron chi connectivity index (χ1n) is 14.3. The molecule has 0 bridgehead atoms. The first-order valence-corrected chi connectivity index (χ1v) is 14.3. The van der Waals surface area contributed by atoms with Gasteiger partial charge in [-0.1, -0.05) is 75.6 Å². The third-order valence-electron chi connectivity index (χ3n) is 7.46. The number of ketones is 2. The number of carboxylic acid groups (broad SMARTS) is 1. The van der Waals surface area contributed by atoms with E-state index in [-0.39, 0.29) is 49.6 Å². The molecule has 39 heavy (non-hydrogen) atoms. The van der Waals surface area contributed by atoms with Crippen LogP contribution in [-0.4, -0.2) is 57.0 Å². The summed E-state index contributed by atoms with van der Waals surface area (Å²) in [4.78, 5) is 48.9. The van der Waals surface area contributed by atoms with Crippen LogP contribution >= 0.6 is 0 Å². The van der Waals surface area contributed by atoms with Gasteiger partial charge in [0.15, 0.2) is 0 Å². The van der Waals surface area contributed by atoms with Gasteiger partial charge in [0, 0.05) is 43.9 Å². The van der Waals surface area contributed by atoms with Crippen LogP contribution in [0.15, 0.2) is 42.5 Å². The van der Waals surface area contributed by atoms with Crippen molar-refractivity contribution >= 4 is 23.4 Å². The molecule has 1 aromatic carbocycles.